The first-order chi connectivity index (χ1) is 7.70. The van der Waals surface area contributed by atoms with E-state index in [1.165, 1.54) is 16.7 Å². The van der Waals surface area contributed by atoms with Crippen LogP contribution in [0.25, 0.3) is 0 Å². The van der Waals surface area contributed by atoms with E-state index >= 15 is 0 Å². The first-order valence-corrected chi connectivity index (χ1v) is 5.48. The van der Waals surface area contributed by atoms with Gasteiger partial charge in [-0.25, -0.2) is 0 Å². The van der Waals surface area contributed by atoms with Crippen molar-refractivity contribution in [3.05, 3.63) is 59.0 Å². The zero-order valence-electron chi connectivity index (χ0n) is 9.95. The highest BCUT2D eigenvalue weighted by Crippen LogP contribution is 2.23. The normalized spacial score (nSPS) is 12.7. The molecule has 0 bridgehead atoms. The maximum absolute atomic E-state index is 5.14. The van der Waals surface area contributed by atoms with Gasteiger partial charge in [-0.3, -0.25) is 0 Å². The topological polar surface area (TPSA) is 25.2 Å². The number of hydrogen-bond donors (Lipinski definition) is 1. The van der Waals surface area contributed by atoms with Gasteiger partial charge in [-0.15, -0.1) is 0 Å². The van der Waals surface area contributed by atoms with Crippen LogP contribution in [0.5, 0.6) is 0 Å². The molecule has 1 atom stereocenters. The maximum Gasteiger partial charge on any atom is 0.0953 e. The van der Waals surface area contributed by atoms with Crippen LogP contribution in [0.3, 0.4) is 0 Å². The third kappa shape index (κ3) is 2.17. The third-order valence-corrected chi connectivity index (χ3v) is 2.74. The van der Waals surface area contributed by atoms with E-state index in [1.807, 2.05) is 13.1 Å². The summed E-state index contributed by atoms with van der Waals surface area (Å²) in [5.74, 6) is 0. The highest BCUT2D eigenvalue weighted by molar-refractivity contribution is 5.35. The summed E-state index contributed by atoms with van der Waals surface area (Å²) in [6, 6.07) is 8.81. The first kappa shape index (κ1) is 11.0. The second kappa shape index (κ2) is 4.54. The van der Waals surface area contributed by atoms with Gasteiger partial charge in [-0.2, -0.15) is 0 Å². The predicted molar refractivity (Wildman–Crippen MR) is 65.5 cm³/mol. The van der Waals surface area contributed by atoms with Crippen LogP contribution in [0.2, 0.25) is 0 Å². The van der Waals surface area contributed by atoms with Crippen LogP contribution in [0, 0.1) is 13.8 Å². The average molecular weight is 215 g/mol. The van der Waals surface area contributed by atoms with Crippen molar-refractivity contribution in [1.82, 2.24) is 5.32 Å². The summed E-state index contributed by atoms with van der Waals surface area (Å²) in [5, 5.41) is 3.32. The summed E-state index contributed by atoms with van der Waals surface area (Å²) in [6.45, 7) is 4.25. The van der Waals surface area contributed by atoms with E-state index in [-0.39, 0.29) is 6.04 Å². The zero-order valence-corrected chi connectivity index (χ0v) is 9.95. The van der Waals surface area contributed by atoms with E-state index in [2.05, 4.69) is 37.4 Å². The van der Waals surface area contributed by atoms with E-state index in [0.29, 0.717) is 0 Å². The fourth-order valence-corrected chi connectivity index (χ4v) is 2.14. The zero-order chi connectivity index (χ0) is 11.5. The Balaban J connectivity index is 2.41. The predicted octanol–water partition coefficient (Wildman–Crippen LogP) is 3.21. The minimum atomic E-state index is 0.206. The number of furan rings is 1. The van der Waals surface area contributed by atoms with Crippen molar-refractivity contribution in [2.75, 3.05) is 7.05 Å². The van der Waals surface area contributed by atoms with E-state index in [1.54, 1.807) is 12.5 Å². The standard InChI is InChI=1S/C14H17NO/c1-10-6-11(2)8-13(7-10)14(15-3)12-4-5-16-9-12/h4-9,14-15H,1-3H3. The molecule has 0 radical (unpaired) electrons. The number of rotatable bonds is 3. The number of aryl methyl sites for hydroxylation is 2. The van der Waals surface area contributed by atoms with Crippen LogP contribution < -0.4 is 5.32 Å². The van der Waals surface area contributed by atoms with Crippen LogP contribution >= 0.6 is 0 Å². The Hall–Kier alpha value is -1.54. The molecule has 1 N–H and O–H groups in total. The summed E-state index contributed by atoms with van der Waals surface area (Å²) in [5.41, 5.74) is 5.02. The minimum absolute atomic E-state index is 0.206. The van der Waals surface area contributed by atoms with Crippen molar-refractivity contribution < 1.29 is 4.42 Å². The number of hydrogen-bond acceptors (Lipinski definition) is 2. The Kier molecular flexibility index (Phi) is 3.11. The molecule has 0 fully saturated rings. The molecule has 0 aliphatic heterocycles. The van der Waals surface area contributed by atoms with Crippen molar-refractivity contribution in [1.29, 1.82) is 0 Å². The largest absolute Gasteiger partial charge is 0.472 e. The molecular weight excluding hydrogens is 198 g/mol. The van der Waals surface area contributed by atoms with Crippen LogP contribution in [0.15, 0.2) is 41.2 Å². The quantitative estimate of drug-likeness (QED) is 0.850. The summed E-state index contributed by atoms with van der Waals surface area (Å²) in [6.07, 6.45) is 3.50. The van der Waals surface area contributed by atoms with E-state index in [0.717, 1.165) is 5.56 Å². The lowest BCUT2D eigenvalue weighted by Gasteiger charge is -2.16. The molecule has 2 aromatic rings. The molecule has 0 saturated heterocycles. The molecule has 0 amide bonds. The average Bonchev–Trinajstić information content (AvgIpc) is 2.70. The van der Waals surface area contributed by atoms with Crippen LogP contribution in [0.1, 0.15) is 28.3 Å². The van der Waals surface area contributed by atoms with Gasteiger partial charge in [-0.1, -0.05) is 29.3 Å². The third-order valence-electron chi connectivity index (χ3n) is 2.74. The molecule has 0 aliphatic carbocycles. The highest BCUT2D eigenvalue weighted by atomic mass is 16.3. The van der Waals surface area contributed by atoms with Crippen molar-refractivity contribution in [3.8, 4) is 0 Å². The van der Waals surface area contributed by atoms with Crippen LogP contribution in [0.4, 0.5) is 0 Å². The summed E-state index contributed by atoms with van der Waals surface area (Å²) < 4.78 is 5.14. The Morgan fingerprint density at radius 2 is 1.75 bits per heavy atom. The lowest BCUT2D eigenvalue weighted by Crippen LogP contribution is -2.17. The summed E-state index contributed by atoms with van der Waals surface area (Å²) >= 11 is 0. The van der Waals surface area contributed by atoms with E-state index < -0.39 is 0 Å². The second-order valence-electron chi connectivity index (χ2n) is 4.20. The molecule has 84 valence electrons. The van der Waals surface area contributed by atoms with Gasteiger partial charge in [-0.05, 0) is 32.5 Å². The lowest BCUT2D eigenvalue weighted by molar-refractivity contribution is 0.557. The van der Waals surface area contributed by atoms with Crippen molar-refractivity contribution in [2.45, 2.75) is 19.9 Å². The number of benzene rings is 1. The minimum Gasteiger partial charge on any atom is -0.472 e. The monoisotopic (exact) mass is 215 g/mol. The molecule has 2 nitrogen and oxygen atoms in total. The van der Waals surface area contributed by atoms with E-state index in [4.69, 9.17) is 4.42 Å². The van der Waals surface area contributed by atoms with Gasteiger partial charge in [0.15, 0.2) is 0 Å². The van der Waals surface area contributed by atoms with Crippen LogP contribution in [-0.4, -0.2) is 7.05 Å². The Morgan fingerprint density at radius 3 is 2.25 bits per heavy atom. The van der Waals surface area contributed by atoms with Gasteiger partial charge < -0.3 is 9.73 Å². The van der Waals surface area contributed by atoms with Gasteiger partial charge >= 0.3 is 0 Å². The van der Waals surface area contributed by atoms with Crippen LogP contribution in [-0.2, 0) is 0 Å². The number of nitrogens with one attached hydrogen (secondary N) is 1. The Bertz CT molecular complexity index is 439. The molecule has 0 aliphatic rings. The van der Waals surface area contributed by atoms with Crippen molar-refractivity contribution in [3.63, 3.8) is 0 Å². The fraction of sp³-hybridized carbons (Fsp3) is 0.286. The SMILES string of the molecule is CNC(c1ccoc1)c1cc(C)cc(C)c1. The molecule has 2 rings (SSSR count). The molecule has 1 aromatic carbocycles. The first-order valence-electron chi connectivity index (χ1n) is 5.48. The molecule has 1 aromatic heterocycles. The molecule has 0 spiro atoms. The van der Waals surface area contributed by atoms with Crippen molar-refractivity contribution in [2.24, 2.45) is 0 Å². The summed E-state index contributed by atoms with van der Waals surface area (Å²) in [7, 11) is 1.97. The summed E-state index contributed by atoms with van der Waals surface area (Å²) in [4.78, 5) is 0. The van der Waals surface area contributed by atoms with E-state index in [9.17, 15) is 0 Å². The Morgan fingerprint density at radius 1 is 1.06 bits per heavy atom. The molecule has 0 saturated carbocycles. The van der Waals surface area contributed by atoms with Gasteiger partial charge in [0.2, 0.25) is 0 Å². The lowest BCUT2D eigenvalue weighted by atomic mass is 9.97. The molecular formula is C14H17NO. The smallest absolute Gasteiger partial charge is 0.0953 e. The molecule has 16 heavy (non-hydrogen) atoms. The second-order valence-corrected chi connectivity index (χ2v) is 4.20. The maximum atomic E-state index is 5.14. The molecule has 1 unspecified atom stereocenters. The Labute approximate surface area is 96.3 Å². The molecule has 2 heteroatoms. The van der Waals surface area contributed by atoms with Gasteiger partial charge in [0.1, 0.15) is 0 Å². The molecule has 1 heterocycles. The van der Waals surface area contributed by atoms with Gasteiger partial charge in [0.25, 0.3) is 0 Å². The van der Waals surface area contributed by atoms with Crippen molar-refractivity contribution >= 4 is 0 Å². The highest BCUT2D eigenvalue weighted by Gasteiger charge is 2.13. The van der Waals surface area contributed by atoms with Gasteiger partial charge in [0.05, 0.1) is 18.6 Å². The fourth-order valence-electron chi connectivity index (χ4n) is 2.14. The van der Waals surface area contributed by atoms with Gasteiger partial charge in [0, 0.05) is 5.56 Å².